The number of aromatic nitrogens is 1. The molecule has 0 saturated heterocycles. The van der Waals surface area contributed by atoms with Gasteiger partial charge in [0.1, 0.15) is 11.9 Å². The third kappa shape index (κ3) is 2.10. The number of ether oxygens (including phenoxy) is 2. The lowest BCUT2D eigenvalue weighted by molar-refractivity contribution is -0.384. The van der Waals surface area contributed by atoms with Gasteiger partial charge in [-0.2, -0.15) is 0 Å². The Morgan fingerprint density at radius 2 is 1.89 bits per heavy atom. The Bertz CT molecular complexity index is 642. The molecule has 0 aliphatic rings. The Balaban J connectivity index is 2.80. The van der Waals surface area contributed by atoms with Crippen LogP contribution in [-0.2, 0) is 0 Å². The Morgan fingerprint density at radius 3 is 2.42 bits per heavy atom. The summed E-state index contributed by atoms with van der Waals surface area (Å²) in [4.78, 5) is 14.6. The lowest BCUT2D eigenvalue weighted by Gasteiger charge is -2.11. The van der Waals surface area contributed by atoms with E-state index in [9.17, 15) is 10.1 Å². The molecular weight excluding hydrogens is 250 g/mol. The number of nitrogens with zero attached hydrogens (tertiary/aromatic N) is 2. The second-order valence-electron chi connectivity index (χ2n) is 3.75. The van der Waals surface area contributed by atoms with E-state index in [-0.39, 0.29) is 5.69 Å². The molecule has 0 radical (unpaired) electrons. The zero-order valence-electron chi connectivity index (χ0n) is 10.8. The molecule has 1 aromatic carbocycles. The minimum atomic E-state index is -0.477. The monoisotopic (exact) mass is 263 g/mol. The quantitative estimate of drug-likeness (QED) is 0.672. The zero-order chi connectivity index (χ0) is 14.0. The van der Waals surface area contributed by atoms with E-state index in [1.54, 1.807) is 19.2 Å². The number of rotatable bonds is 4. The fourth-order valence-electron chi connectivity index (χ4n) is 1.91. The Labute approximate surface area is 109 Å². The third-order valence-electron chi connectivity index (χ3n) is 2.80. The lowest BCUT2D eigenvalue weighted by atomic mass is 10.1. The highest BCUT2D eigenvalue weighted by Crippen LogP contribution is 2.37. The van der Waals surface area contributed by atoms with E-state index in [1.165, 1.54) is 20.4 Å². The van der Waals surface area contributed by atoms with Gasteiger partial charge in [0.25, 0.3) is 0 Å². The molecular formula is C12H13N3O4. The van der Waals surface area contributed by atoms with E-state index in [0.29, 0.717) is 28.1 Å². The zero-order valence-corrected chi connectivity index (χ0v) is 10.8. The van der Waals surface area contributed by atoms with Crippen molar-refractivity contribution in [2.24, 2.45) is 0 Å². The molecule has 0 bridgehead atoms. The fraction of sp³-hybridized carbons (Fsp3) is 0.250. The van der Waals surface area contributed by atoms with Gasteiger partial charge in [-0.05, 0) is 6.07 Å². The molecule has 0 atom stereocenters. The van der Waals surface area contributed by atoms with Gasteiger partial charge >= 0.3 is 5.69 Å². The maximum Gasteiger partial charge on any atom is 0.311 e. The first kappa shape index (κ1) is 12.9. The number of hydrogen-bond donors (Lipinski definition) is 1. The van der Waals surface area contributed by atoms with Crippen LogP contribution in [0, 0.1) is 10.1 Å². The van der Waals surface area contributed by atoms with Crippen LogP contribution in [0.3, 0.4) is 0 Å². The molecule has 0 unspecified atom stereocenters. The van der Waals surface area contributed by atoms with E-state index in [2.05, 4.69) is 10.3 Å². The van der Waals surface area contributed by atoms with Crippen molar-refractivity contribution < 1.29 is 14.4 Å². The number of pyridine rings is 1. The molecule has 0 aliphatic heterocycles. The second-order valence-corrected chi connectivity index (χ2v) is 3.75. The molecule has 0 spiro atoms. The van der Waals surface area contributed by atoms with Crippen molar-refractivity contribution >= 4 is 22.3 Å². The first-order valence-corrected chi connectivity index (χ1v) is 5.49. The van der Waals surface area contributed by atoms with Crippen LogP contribution in [-0.4, -0.2) is 31.2 Å². The SMILES string of the molecule is CNc1c([N+](=O)[O-])cnc2cc(OC)c(OC)cc12. The van der Waals surface area contributed by atoms with E-state index in [1.807, 2.05) is 0 Å². The average Bonchev–Trinajstić information content (AvgIpc) is 2.43. The molecule has 0 fully saturated rings. The van der Waals surface area contributed by atoms with Crippen LogP contribution in [0.25, 0.3) is 10.9 Å². The Hall–Kier alpha value is -2.57. The van der Waals surface area contributed by atoms with E-state index in [0.717, 1.165) is 0 Å². The minimum absolute atomic E-state index is 0.0813. The van der Waals surface area contributed by atoms with Crippen molar-refractivity contribution in [3.8, 4) is 11.5 Å². The highest BCUT2D eigenvalue weighted by molar-refractivity contribution is 5.97. The molecule has 0 saturated carbocycles. The Kier molecular flexibility index (Phi) is 3.37. The van der Waals surface area contributed by atoms with Crippen LogP contribution >= 0.6 is 0 Å². The Morgan fingerprint density at radius 1 is 1.26 bits per heavy atom. The molecule has 100 valence electrons. The van der Waals surface area contributed by atoms with Crippen molar-refractivity contribution in [3.63, 3.8) is 0 Å². The number of hydrogen-bond acceptors (Lipinski definition) is 6. The summed E-state index contributed by atoms with van der Waals surface area (Å²) in [5.74, 6) is 1.02. The minimum Gasteiger partial charge on any atom is -0.493 e. The van der Waals surface area contributed by atoms with Crippen molar-refractivity contribution in [3.05, 3.63) is 28.4 Å². The second kappa shape index (κ2) is 4.97. The number of nitro groups is 1. The number of benzene rings is 1. The molecule has 7 heteroatoms. The summed E-state index contributed by atoms with van der Waals surface area (Å²) in [6.07, 6.45) is 1.22. The van der Waals surface area contributed by atoms with Gasteiger partial charge in [-0.25, -0.2) is 4.98 Å². The van der Waals surface area contributed by atoms with E-state index >= 15 is 0 Å². The topological polar surface area (TPSA) is 86.5 Å². The van der Waals surface area contributed by atoms with Crippen LogP contribution in [0.1, 0.15) is 0 Å². The van der Waals surface area contributed by atoms with Crippen LogP contribution in [0.4, 0.5) is 11.4 Å². The molecule has 0 amide bonds. The molecule has 7 nitrogen and oxygen atoms in total. The van der Waals surface area contributed by atoms with Gasteiger partial charge in [0.2, 0.25) is 0 Å². The highest BCUT2D eigenvalue weighted by Gasteiger charge is 2.19. The largest absolute Gasteiger partial charge is 0.493 e. The van der Waals surface area contributed by atoms with E-state index < -0.39 is 4.92 Å². The summed E-state index contributed by atoms with van der Waals surface area (Å²) in [7, 11) is 4.65. The predicted molar refractivity (Wildman–Crippen MR) is 71.0 cm³/mol. The van der Waals surface area contributed by atoms with Crippen LogP contribution in [0.5, 0.6) is 11.5 Å². The summed E-state index contributed by atoms with van der Waals surface area (Å²) >= 11 is 0. The van der Waals surface area contributed by atoms with Crippen LogP contribution in [0.2, 0.25) is 0 Å². The van der Waals surface area contributed by atoms with Gasteiger partial charge in [0.15, 0.2) is 11.5 Å². The van der Waals surface area contributed by atoms with Gasteiger partial charge in [-0.15, -0.1) is 0 Å². The van der Waals surface area contributed by atoms with Crippen molar-refractivity contribution in [2.75, 3.05) is 26.6 Å². The molecule has 19 heavy (non-hydrogen) atoms. The summed E-state index contributed by atoms with van der Waals surface area (Å²) < 4.78 is 10.4. The fourth-order valence-corrected chi connectivity index (χ4v) is 1.91. The highest BCUT2D eigenvalue weighted by atomic mass is 16.6. The molecule has 1 aromatic heterocycles. The van der Waals surface area contributed by atoms with Crippen LogP contribution < -0.4 is 14.8 Å². The predicted octanol–water partition coefficient (Wildman–Crippen LogP) is 2.20. The smallest absolute Gasteiger partial charge is 0.311 e. The average molecular weight is 263 g/mol. The van der Waals surface area contributed by atoms with E-state index in [4.69, 9.17) is 9.47 Å². The lowest BCUT2D eigenvalue weighted by Crippen LogP contribution is -2.00. The summed E-state index contributed by atoms with van der Waals surface area (Å²) in [6.45, 7) is 0. The third-order valence-corrected chi connectivity index (χ3v) is 2.80. The number of methoxy groups -OCH3 is 2. The van der Waals surface area contributed by atoms with Crippen molar-refractivity contribution in [1.29, 1.82) is 0 Å². The standard InChI is InChI=1S/C12H13N3O4/c1-13-12-7-4-10(18-2)11(19-3)5-8(7)14-6-9(12)15(16)17/h4-6H,1-3H3,(H,13,14). The van der Waals surface area contributed by atoms with Crippen LogP contribution in [0.15, 0.2) is 18.3 Å². The van der Waals surface area contributed by atoms with Crippen molar-refractivity contribution in [1.82, 2.24) is 4.98 Å². The summed E-state index contributed by atoms with van der Waals surface area (Å²) in [5.41, 5.74) is 0.908. The van der Waals surface area contributed by atoms with Gasteiger partial charge in [-0.3, -0.25) is 10.1 Å². The van der Waals surface area contributed by atoms with Crippen molar-refractivity contribution in [2.45, 2.75) is 0 Å². The normalized spacial score (nSPS) is 10.3. The number of fused-ring (bicyclic) bond motifs is 1. The van der Waals surface area contributed by atoms with Gasteiger partial charge < -0.3 is 14.8 Å². The molecule has 1 heterocycles. The number of anilines is 1. The molecule has 0 aliphatic carbocycles. The molecule has 2 aromatic rings. The maximum absolute atomic E-state index is 11.0. The number of nitrogens with one attached hydrogen (secondary N) is 1. The van der Waals surface area contributed by atoms with Gasteiger partial charge in [-0.1, -0.05) is 0 Å². The summed E-state index contributed by atoms with van der Waals surface area (Å²) in [5, 5.41) is 14.4. The van der Waals surface area contributed by atoms with Gasteiger partial charge in [0.05, 0.1) is 24.7 Å². The maximum atomic E-state index is 11.0. The first-order chi connectivity index (χ1) is 9.12. The van der Waals surface area contributed by atoms with Gasteiger partial charge in [0, 0.05) is 18.5 Å². The first-order valence-electron chi connectivity index (χ1n) is 5.49. The molecule has 1 N–H and O–H groups in total. The molecule has 2 rings (SSSR count). The summed E-state index contributed by atoms with van der Waals surface area (Å²) in [6, 6.07) is 3.35.